The van der Waals surface area contributed by atoms with Gasteiger partial charge in [0, 0.05) is 5.69 Å². The Kier molecular flexibility index (Phi) is 5.88. The van der Waals surface area contributed by atoms with Crippen molar-refractivity contribution in [3.8, 4) is 0 Å². The average molecular weight is 251 g/mol. The number of para-hydroxylation sites is 2. The van der Waals surface area contributed by atoms with Gasteiger partial charge in [-0.05, 0) is 24.3 Å². The van der Waals surface area contributed by atoms with Gasteiger partial charge in [0.25, 0.3) is 0 Å². The van der Waals surface area contributed by atoms with Crippen LogP contribution in [0.25, 0.3) is 0 Å². The first kappa shape index (κ1) is 13.3. The van der Waals surface area contributed by atoms with Crippen molar-refractivity contribution in [2.45, 2.75) is 0 Å². The van der Waals surface area contributed by atoms with E-state index in [0.29, 0.717) is 5.02 Å². The molecule has 0 bridgehead atoms. The Morgan fingerprint density at radius 2 is 1.35 bits per heavy atom. The summed E-state index contributed by atoms with van der Waals surface area (Å²) in [6.45, 7) is 0. The van der Waals surface area contributed by atoms with E-state index in [4.69, 9.17) is 23.3 Å². The van der Waals surface area contributed by atoms with Gasteiger partial charge in [-0.3, -0.25) is 11.7 Å². The Hall–Kier alpha value is -1.75. The Labute approximate surface area is 106 Å². The number of hydrazine groups is 2. The lowest BCUT2D eigenvalue weighted by Crippen LogP contribution is -2.06. The first-order valence-electron chi connectivity index (χ1n) is 5.00. The molecule has 90 valence electrons. The minimum atomic E-state index is 0.639. The van der Waals surface area contributed by atoms with Crippen molar-refractivity contribution in [1.82, 2.24) is 0 Å². The van der Waals surface area contributed by atoms with E-state index in [-0.39, 0.29) is 0 Å². The summed E-state index contributed by atoms with van der Waals surface area (Å²) >= 11 is 5.68. The molecular formula is C12H15ClN4. The van der Waals surface area contributed by atoms with Crippen LogP contribution >= 0.6 is 11.6 Å². The smallest absolute Gasteiger partial charge is 0.0671 e. The number of halogens is 1. The third-order valence-corrected chi connectivity index (χ3v) is 2.30. The van der Waals surface area contributed by atoms with Gasteiger partial charge in [0.15, 0.2) is 0 Å². The average Bonchev–Trinajstić information content (AvgIpc) is 2.41. The Bertz CT molecular complexity index is 434. The lowest BCUT2D eigenvalue weighted by molar-refractivity contribution is 1.35. The second-order valence-electron chi connectivity index (χ2n) is 3.13. The zero-order valence-corrected chi connectivity index (χ0v) is 9.98. The molecule has 0 aliphatic rings. The van der Waals surface area contributed by atoms with E-state index in [1.807, 2.05) is 48.5 Å². The maximum Gasteiger partial charge on any atom is 0.0671 e. The normalized spacial score (nSPS) is 8.88. The molecule has 0 amide bonds. The molecule has 0 unspecified atom stereocenters. The van der Waals surface area contributed by atoms with Gasteiger partial charge in [-0.15, -0.1) is 0 Å². The van der Waals surface area contributed by atoms with Crippen LogP contribution in [-0.2, 0) is 0 Å². The fourth-order valence-electron chi connectivity index (χ4n) is 1.11. The minimum Gasteiger partial charge on any atom is -0.324 e. The van der Waals surface area contributed by atoms with Gasteiger partial charge in [0.2, 0.25) is 0 Å². The van der Waals surface area contributed by atoms with Crippen molar-refractivity contribution in [3.63, 3.8) is 0 Å². The SMILES string of the molecule is NNc1ccccc1.NNc1ccccc1Cl. The molecule has 0 fully saturated rings. The molecule has 4 nitrogen and oxygen atoms in total. The topological polar surface area (TPSA) is 76.1 Å². The number of hydrogen-bond donors (Lipinski definition) is 4. The molecule has 2 aromatic carbocycles. The Balaban J connectivity index is 0.000000171. The quantitative estimate of drug-likeness (QED) is 0.488. The summed E-state index contributed by atoms with van der Waals surface area (Å²) in [7, 11) is 0. The highest BCUT2D eigenvalue weighted by molar-refractivity contribution is 6.33. The van der Waals surface area contributed by atoms with E-state index in [0.717, 1.165) is 11.4 Å². The van der Waals surface area contributed by atoms with Crippen molar-refractivity contribution < 1.29 is 0 Å². The van der Waals surface area contributed by atoms with Crippen molar-refractivity contribution in [2.75, 3.05) is 10.9 Å². The Morgan fingerprint density at radius 3 is 1.76 bits per heavy atom. The van der Waals surface area contributed by atoms with Gasteiger partial charge < -0.3 is 10.9 Å². The van der Waals surface area contributed by atoms with Gasteiger partial charge in [-0.1, -0.05) is 41.9 Å². The van der Waals surface area contributed by atoms with Crippen LogP contribution in [0.5, 0.6) is 0 Å². The van der Waals surface area contributed by atoms with Gasteiger partial charge in [-0.2, -0.15) is 0 Å². The van der Waals surface area contributed by atoms with E-state index < -0.39 is 0 Å². The number of nitrogens with one attached hydrogen (secondary N) is 2. The van der Waals surface area contributed by atoms with Crippen molar-refractivity contribution >= 4 is 23.0 Å². The molecule has 0 aliphatic heterocycles. The number of rotatable bonds is 2. The van der Waals surface area contributed by atoms with Crippen LogP contribution in [0, 0.1) is 0 Å². The summed E-state index contributed by atoms with van der Waals surface area (Å²) in [5.41, 5.74) is 6.68. The molecule has 0 heterocycles. The predicted molar refractivity (Wildman–Crippen MR) is 73.5 cm³/mol. The van der Waals surface area contributed by atoms with Crippen molar-refractivity contribution in [1.29, 1.82) is 0 Å². The maximum atomic E-state index is 5.68. The summed E-state index contributed by atoms with van der Waals surface area (Å²) in [5, 5.41) is 0.639. The molecule has 0 atom stereocenters. The van der Waals surface area contributed by atoms with Crippen LogP contribution in [0.2, 0.25) is 5.02 Å². The van der Waals surface area contributed by atoms with Gasteiger partial charge >= 0.3 is 0 Å². The molecule has 5 heteroatoms. The second-order valence-corrected chi connectivity index (χ2v) is 3.54. The van der Waals surface area contributed by atoms with E-state index in [1.54, 1.807) is 6.07 Å². The molecule has 0 saturated heterocycles. The van der Waals surface area contributed by atoms with Crippen molar-refractivity contribution in [2.24, 2.45) is 11.7 Å². The van der Waals surface area contributed by atoms with Crippen LogP contribution < -0.4 is 22.5 Å². The van der Waals surface area contributed by atoms with Crippen LogP contribution in [0.3, 0.4) is 0 Å². The fraction of sp³-hybridized carbons (Fsp3) is 0. The van der Waals surface area contributed by atoms with Gasteiger partial charge in [0.1, 0.15) is 0 Å². The monoisotopic (exact) mass is 250 g/mol. The Morgan fingerprint density at radius 1 is 0.765 bits per heavy atom. The lowest BCUT2D eigenvalue weighted by Gasteiger charge is -1.99. The lowest BCUT2D eigenvalue weighted by atomic mass is 10.3. The predicted octanol–water partition coefficient (Wildman–Crippen LogP) is 2.60. The number of nitrogens with two attached hydrogens (primary N) is 2. The van der Waals surface area contributed by atoms with Crippen LogP contribution in [0.15, 0.2) is 54.6 Å². The molecule has 0 aromatic heterocycles. The standard InChI is InChI=1S/C6H7ClN2.C6H8N2/c7-5-3-1-2-4-6(5)9-8;7-8-6-4-2-1-3-5-6/h1-4,9H,8H2;1-5,8H,7H2. The summed E-state index contributed by atoms with van der Waals surface area (Å²) in [5.74, 6) is 10.2. The zero-order chi connectivity index (χ0) is 12.5. The number of hydrogen-bond acceptors (Lipinski definition) is 4. The van der Waals surface area contributed by atoms with Crippen molar-refractivity contribution in [3.05, 3.63) is 59.6 Å². The molecule has 2 aromatic rings. The molecule has 0 spiro atoms. The van der Waals surface area contributed by atoms with E-state index in [1.165, 1.54) is 0 Å². The molecule has 2 rings (SSSR count). The second kappa shape index (κ2) is 7.51. The summed E-state index contributed by atoms with van der Waals surface area (Å²) in [4.78, 5) is 0. The zero-order valence-electron chi connectivity index (χ0n) is 9.23. The number of benzene rings is 2. The highest BCUT2D eigenvalue weighted by atomic mass is 35.5. The molecule has 0 aliphatic carbocycles. The molecule has 0 radical (unpaired) electrons. The minimum absolute atomic E-state index is 0.639. The fourth-order valence-corrected chi connectivity index (χ4v) is 1.30. The molecule has 6 N–H and O–H groups in total. The van der Waals surface area contributed by atoms with E-state index >= 15 is 0 Å². The first-order chi connectivity index (χ1) is 8.27. The van der Waals surface area contributed by atoms with Gasteiger partial charge in [0.05, 0.1) is 10.7 Å². The van der Waals surface area contributed by atoms with Crippen LogP contribution in [0.4, 0.5) is 11.4 Å². The largest absolute Gasteiger partial charge is 0.324 e. The molecular weight excluding hydrogens is 236 g/mol. The van der Waals surface area contributed by atoms with E-state index in [2.05, 4.69) is 10.9 Å². The highest BCUT2D eigenvalue weighted by Crippen LogP contribution is 2.18. The molecule has 17 heavy (non-hydrogen) atoms. The number of anilines is 2. The maximum absolute atomic E-state index is 5.68. The third-order valence-electron chi connectivity index (χ3n) is 1.97. The summed E-state index contributed by atoms with van der Waals surface area (Å²) in [6, 6.07) is 16.9. The highest BCUT2D eigenvalue weighted by Gasteiger charge is 1.91. The summed E-state index contributed by atoms with van der Waals surface area (Å²) < 4.78 is 0. The number of nitrogen functional groups attached to an aromatic ring is 2. The van der Waals surface area contributed by atoms with Crippen LogP contribution in [-0.4, -0.2) is 0 Å². The van der Waals surface area contributed by atoms with Gasteiger partial charge in [-0.25, -0.2) is 0 Å². The molecule has 0 saturated carbocycles. The first-order valence-corrected chi connectivity index (χ1v) is 5.38. The van der Waals surface area contributed by atoms with Crippen LogP contribution in [0.1, 0.15) is 0 Å². The van der Waals surface area contributed by atoms with E-state index in [9.17, 15) is 0 Å². The third kappa shape index (κ3) is 4.74. The summed E-state index contributed by atoms with van der Waals surface area (Å²) in [6.07, 6.45) is 0.